The zero-order chi connectivity index (χ0) is 20.1. The summed E-state index contributed by atoms with van der Waals surface area (Å²) < 4.78 is 5.05. The monoisotopic (exact) mass is 386 g/mol. The molecule has 0 unspecified atom stereocenters. The van der Waals surface area contributed by atoms with Crippen molar-refractivity contribution in [2.45, 2.75) is 26.3 Å². The fourth-order valence-corrected chi connectivity index (χ4v) is 3.81. The fraction of sp³-hybridized carbons (Fsp3) is 0.524. The summed E-state index contributed by atoms with van der Waals surface area (Å²) in [6, 6.07) is 7.03. The van der Waals surface area contributed by atoms with Crippen molar-refractivity contribution in [1.82, 2.24) is 20.4 Å². The Morgan fingerprint density at radius 1 is 1.14 bits per heavy atom. The van der Waals surface area contributed by atoms with Gasteiger partial charge < -0.3 is 20.3 Å². The van der Waals surface area contributed by atoms with Gasteiger partial charge in [-0.1, -0.05) is 36.8 Å². The molecule has 7 nitrogen and oxygen atoms in total. The average Bonchev–Trinajstić information content (AvgIpc) is 2.69. The van der Waals surface area contributed by atoms with Crippen LogP contribution in [0.3, 0.4) is 0 Å². The summed E-state index contributed by atoms with van der Waals surface area (Å²) in [4.78, 5) is 29.7. The maximum Gasteiger partial charge on any atom is 0.338 e. The van der Waals surface area contributed by atoms with Crippen molar-refractivity contribution in [3.05, 3.63) is 46.7 Å². The predicted octanol–water partition coefficient (Wildman–Crippen LogP) is 1.80. The van der Waals surface area contributed by atoms with E-state index in [-0.39, 0.29) is 6.03 Å². The van der Waals surface area contributed by atoms with Gasteiger partial charge in [0.2, 0.25) is 0 Å². The first-order valence-corrected chi connectivity index (χ1v) is 9.92. The van der Waals surface area contributed by atoms with E-state index in [2.05, 4.69) is 27.4 Å². The first kappa shape index (κ1) is 20.4. The Morgan fingerprint density at radius 3 is 2.39 bits per heavy atom. The van der Waals surface area contributed by atoms with Gasteiger partial charge in [-0.25, -0.2) is 9.59 Å². The summed E-state index contributed by atoms with van der Waals surface area (Å²) in [5.74, 6) is -0.419. The van der Waals surface area contributed by atoms with Gasteiger partial charge in [0, 0.05) is 38.4 Å². The highest BCUT2D eigenvalue weighted by molar-refractivity contribution is 5.95. The van der Waals surface area contributed by atoms with Crippen molar-refractivity contribution in [3.63, 3.8) is 0 Å². The molecule has 2 N–H and O–H groups in total. The van der Waals surface area contributed by atoms with Gasteiger partial charge in [-0.2, -0.15) is 0 Å². The maximum absolute atomic E-state index is 12.6. The molecule has 3 rings (SSSR count). The largest absolute Gasteiger partial charge is 0.466 e. The lowest BCUT2D eigenvalue weighted by Crippen LogP contribution is -2.51. The number of nitrogens with one attached hydrogen (secondary N) is 2. The molecule has 0 bridgehead atoms. The molecule has 7 heteroatoms. The minimum atomic E-state index is -0.516. The van der Waals surface area contributed by atoms with Gasteiger partial charge in [-0.15, -0.1) is 0 Å². The van der Waals surface area contributed by atoms with E-state index in [9.17, 15) is 9.59 Å². The molecule has 0 aliphatic carbocycles. The minimum Gasteiger partial charge on any atom is -0.466 e. The third-order valence-electron chi connectivity index (χ3n) is 5.36. The number of hydrogen-bond donors (Lipinski definition) is 2. The zero-order valence-corrected chi connectivity index (χ0v) is 17.0. The topological polar surface area (TPSA) is 73.9 Å². The van der Waals surface area contributed by atoms with E-state index in [1.165, 1.54) is 7.11 Å². The molecule has 2 aliphatic rings. The van der Waals surface area contributed by atoms with Crippen molar-refractivity contribution in [1.29, 1.82) is 0 Å². The Bertz CT molecular complexity index is 737. The van der Waals surface area contributed by atoms with E-state index in [0.717, 1.165) is 50.3 Å². The summed E-state index contributed by atoms with van der Waals surface area (Å²) in [5, 5.41) is 5.72. The molecule has 1 fully saturated rings. The molecule has 0 saturated carbocycles. The van der Waals surface area contributed by atoms with Crippen LogP contribution in [0.4, 0.5) is 4.79 Å². The van der Waals surface area contributed by atoms with Crippen molar-refractivity contribution >= 4 is 12.0 Å². The number of ether oxygens (including phenoxy) is 1. The second kappa shape index (κ2) is 9.21. The second-order valence-corrected chi connectivity index (χ2v) is 7.44. The van der Waals surface area contributed by atoms with Crippen LogP contribution in [0.25, 0.3) is 0 Å². The number of carbonyl (C=O) groups is 2. The van der Waals surface area contributed by atoms with E-state index in [1.54, 1.807) is 0 Å². The van der Waals surface area contributed by atoms with Gasteiger partial charge in [0.1, 0.15) is 0 Å². The van der Waals surface area contributed by atoms with E-state index in [4.69, 9.17) is 4.74 Å². The van der Waals surface area contributed by atoms with Gasteiger partial charge >= 0.3 is 12.0 Å². The number of urea groups is 1. The van der Waals surface area contributed by atoms with Crippen LogP contribution in [-0.4, -0.2) is 68.2 Å². The second-order valence-electron chi connectivity index (χ2n) is 7.44. The first-order valence-electron chi connectivity index (χ1n) is 9.92. The van der Waals surface area contributed by atoms with Gasteiger partial charge in [-0.3, -0.25) is 4.90 Å². The van der Waals surface area contributed by atoms with Crippen LogP contribution in [-0.2, 0) is 9.53 Å². The molecule has 152 valence electrons. The molecule has 1 saturated heterocycles. The Balaban J connectivity index is 1.85. The average molecular weight is 386 g/mol. The number of rotatable bonds is 6. The lowest BCUT2D eigenvalue weighted by molar-refractivity contribution is -0.136. The third-order valence-corrected chi connectivity index (χ3v) is 5.36. The molecule has 1 aromatic carbocycles. The highest BCUT2D eigenvalue weighted by atomic mass is 16.5. The van der Waals surface area contributed by atoms with E-state index in [1.807, 2.05) is 31.2 Å². The molecule has 28 heavy (non-hydrogen) atoms. The standard InChI is InChI=1S/C21H30N4O3/c1-4-9-24-10-12-25(13-11-24)14-17-18(20(26)28-3)19(23-21(27)22-17)16-7-5-15(2)6-8-16/h5-8,19H,4,9-14H2,1-3H3,(H2,22,23,27)/t19-/m1/s1. The van der Waals surface area contributed by atoms with Crippen LogP contribution in [0.15, 0.2) is 35.5 Å². The summed E-state index contributed by atoms with van der Waals surface area (Å²) in [7, 11) is 1.37. The van der Waals surface area contributed by atoms with Crippen molar-refractivity contribution in [2.75, 3.05) is 46.4 Å². The molecule has 1 aromatic rings. The van der Waals surface area contributed by atoms with E-state index in [0.29, 0.717) is 17.8 Å². The maximum atomic E-state index is 12.6. The number of amides is 2. The minimum absolute atomic E-state index is 0.294. The number of esters is 1. The van der Waals surface area contributed by atoms with Crippen LogP contribution in [0, 0.1) is 6.92 Å². The van der Waals surface area contributed by atoms with Crippen molar-refractivity contribution < 1.29 is 14.3 Å². The molecule has 2 aliphatic heterocycles. The van der Waals surface area contributed by atoms with Gasteiger partial charge in [0.15, 0.2) is 0 Å². The fourth-order valence-electron chi connectivity index (χ4n) is 3.81. The molecule has 0 spiro atoms. The summed E-state index contributed by atoms with van der Waals surface area (Å²) >= 11 is 0. The van der Waals surface area contributed by atoms with E-state index < -0.39 is 12.0 Å². The van der Waals surface area contributed by atoms with Crippen LogP contribution in [0.1, 0.15) is 30.5 Å². The van der Waals surface area contributed by atoms with Crippen LogP contribution in [0.2, 0.25) is 0 Å². The van der Waals surface area contributed by atoms with Gasteiger partial charge in [0.25, 0.3) is 0 Å². The highest BCUT2D eigenvalue weighted by Crippen LogP contribution is 2.28. The zero-order valence-electron chi connectivity index (χ0n) is 17.0. The Morgan fingerprint density at radius 2 is 1.79 bits per heavy atom. The number of piperazine rings is 1. The number of methoxy groups -OCH3 is 1. The van der Waals surface area contributed by atoms with E-state index >= 15 is 0 Å². The predicted molar refractivity (Wildman–Crippen MR) is 108 cm³/mol. The number of carbonyl (C=O) groups excluding carboxylic acids is 2. The molecule has 0 aromatic heterocycles. The summed E-state index contributed by atoms with van der Waals surface area (Å²) in [6.45, 7) is 9.67. The van der Waals surface area contributed by atoms with Crippen molar-refractivity contribution in [2.24, 2.45) is 0 Å². The van der Waals surface area contributed by atoms with Crippen molar-refractivity contribution in [3.8, 4) is 0 Å². The third kappa shape index (κ3) is 4.72. The highest BCUT2D eigenvalue weighted by Gasteiger charge is 2.34. The normalized spacial score (nSPS) is 21.2. The Kier molecular flexibility index (Phi) is 6.70. The van der Waals surface area contributed by atoms with Gasteiger partial charge in [0.05, 0.1) is 18.7 Å². The molecule has 2 amide bonds. The number of aryl methyl sites for hydroxylation is 1. The number of benzene rings is 1. The summed E-state index contributed by atoms with van der Waals surface area (Å²) in [5.41, 5.74) is 3.09. The number of nitrogens with zero attached hydrogens (tertiary/aromatic N) is 2. The van der Waals surface area contributed by atoms with Crippen LogP contribution < -0.4 is 10.6 Å². The smallest absolute Gasteiger partial charge is 0.338 e. The summed E-state index contributed by atoms with van der Waals surface area (Å²) in [6.07, 6.45) is 1.15. The Labute approximate surface area is 166 Å². The molecule has 1 atom stereocenters. The van der Waals surface area contributed by atoms with Gasteiger partial charge in [-0.05, 0) is 25.5 Å². The number of hydrogen-bond acceptors (Lipinski definition) is 5. The van der Waals surface area contributed by atoms with Crippen LogP contribution in [0.5, 0.6) is 0 Å². The SMILES string of the molecule is CCCN1CCN(CC2=C(C(=O)OC)[C@@H](c3ccc(C)cc3)NC(=O)N2)CC1. The molecule has 2 heterocycles. The Hall–Kier alpha value is -2.38. The lowest BCUT2D eigenvalue weighted by Gasteiger charge is -2.37. The quantitative estimate of drug-likeness (QED) is 0.730. The molecule has 0 radical (unpaired) electrons. The molecular weight excluding hydrogens is 356 g/mol. The van der Waals surface area contributed by atoms with Crippen LogP contribution >= 0.6 is 0 Å². The first-order chi connectivity index (χ1) is 13.5. The molecular formula is C21H30N4O3. The lowest BCUT2D eigenvalue weighted by atomic mass is 9.94.